The number of aromatic amines is 1. The maximum Gasteiger partial charge on any atom is 0.251 e. The largest absolute Gasteiger partial charge is 0.358 e. The predicted molar refractivity (Wildman–Crippen MR) is 110 cm³/mol. The summed E-state index contributed by atoms with van der Waals surface area (Å²) < 4.78 is 13.2. The number of hydrogen-bond acceptors (Lipinski definition) is 3. The van der Waals surface area contributed by atoms with Gasteiger partial charge in [0.25, 0.3) is 5.91 Å². The van der Waals surface area contributed by atoms with E-state index in [9.17, 15) is 9.36 Å². The molecule has 0 unspecified atom stereocenters. The second-order valence-electron chi connectivity index (χ2n) is 6.68. The average Bonchev–Trinajstić information content (AvgIpc) is 2.89. The number of H-pyrrole nitrogens is 1. The molecular formula is C19H21BrN3O2P. The molecule has 5 nitrogen and oxygen atoms in total. The van der Waals surface area contributed by atoms with Gasteiger partial charge >= 0.3 is 0 Å². The molecule has 0 atom stereocenters. The first-order valence-electron chi connectivity index (χ1n) is 8.32. The second-order valence-corrected chi connectivity index (χ2v) is 10.8. The van der Waals surface area contributed by atoms with Gasteiger partial charge in [-0.2, -0.15) is 0 Å². The van der Waals surface area contributed by atoms with Crippen LogP contribution in [0.1, 0.15) is 21.6 Å². The fraction of sp³-hybridized carbons (Fsp3) is 0.263. The molecule has 0 aliphatic carbocycles. The Morgan fingerprint density at radius 2 is 2.04 bits per heavy atom. The molecule has 0 spiro atoms. The minimum atomic E-state index is -2.49. The number of amides is 1. The smallest absolute Gasteiger partial charge is 0.251 e. The summed E-state index contributed by atoms with van der Waals surface area (Å²) in [6, 6.07) is 9.39. The number of halogens is 1. The SMILES string of the molecule is Cc1[nH]c2ccc(Br)cc2c1CCNC(=O)c1ccnc(P(C)(C)=O)c1. The Bertz CT molecular complexity index is 1020. The molecule has 1 aromatic carbocycles. The Kier molecular flexibility index (Phi) is 5.35. The van der Waals surface area contributed by atoms with Crippen LogP contribution in [0.4, 0.5) is 0 Å². The maximum atomic E-state index is 12.4. The monoisotopic (exact) mass is 433 g/mol. The molecule has 7 heteroatoms. The van der Waals surface area contributed by atoms with Gasteiger partial charge in [-0.05, 0) is 62.6 Å². The minimum Gasteiger partial charge on any atom is -0.358 e. The minimum absolute atomic E-state index is 0.180. The van der Waals surface area contributed by atoms with Crippen molar-refractivity contribution < 1.29 is 9.36 Å². The van der Waals surface area contributed by atoms with Gasteiger partial charge in [0, 0.05) is 39.4 Å². The van der Waals surface area contributed by atoms with Crippen LogP contribution in [-0.4, -0.2) is 35.7 Å². The Balaban J connectivity index is 1.71. The van der Waals surface area contributed by atoms with E-state index in [2.05, 4.69) is 37.3 Å². The van der Waals surface area contributed by atoms with Gasteiger partial charge < -0.3 is 14.9 Å². The summed E-state index contributed by atoms with van der Waals surface area (Å²) >= 11 is 3.51. The Labute approximate surface area is 161 Å². The average molecular weight is 434 g/mol. The van der Waals surface area contributed by atoms with Gasteiger partial charge in [-0.3, -0.25) is 9.78 Å². The van der Waals surface area contributed by atoms with Crippen molar-refractivity contribution in [3.8, 4) is 0 Å². The summed E-state index contributed by atoms with van der Waals surface area (Å²) in [6.07, 6.45) is 2.26. The summed E-state index contributed by atoms with van der Waals surface area (Å²) in [7, 11) is -2.49. The van der Waals surface area contributed by atoms with E-state index < -0.39 is 7.14 Å². The number of benzene rings is 1. The molecule has 0 bridgehead atoms. The lowest BCUT2D eigenvalue weighted by Gasteiger charge is -2.09. The number of pyridine rings is 1. The Morgan fingerprint density at radius 1 is 1.27 bits per heavy atom. The van der Waals surface area contributed by atoms with Gasteiger partial charge in [-0.25, -0.2) is 0 Å². The first-order chi connectivity index (χ1) is 12.3. The van der Waals surface area contributed by atoms with E-state index in [1.165, 1.54) is 11.8 Å². The first-order valence-corrected chi connectivity index (χ1v) is 11.7. The summed E-state index contributed by atoms with van der Waals surface area (Å²) in [5, 5.41) is 4.10. The molecule has 2 heterocycles. The number of aryl methyl sites for hydroxylation is 1. The lowest BCUT2D eigenvalue weighted by atomic mass is 10.1. The third-order valence-electron chi connectivity index (χ3n) is 4.30. The molecule has 3 rings (SSSR count). The number of rotatable bonds is 5. The number of carbonyl (C=O) groups is 1. The van der Waals surface area contributed by atoms with Gasteiger partial charge in [0.15, 0.2) is 0 Å². The van der Waals surface area contributed by atoms with Crippen LogP contribution in [0.3, 0.4) is 0 Å². The van der Waals surface area contributed by atoms with Gasteiger partial charge in [-0.15, -0.1) is 0 Å². The van der Waals surface area contributed by atoms with Gasteiger partial charge in [0.05, 0.1) is 0 Å². The van der Waals surface area contributed by atoms with Crippen molar-refractivity contribution >= 4 is 45.3 Å². The highest BCUT2D eigenvalue weighted by Crippen LogP contribution is 2.33. The van der Waals surface area contributed by atoms with E-state index in [0.717, 1.165) is 27.5 Å². The lowest BCUT2D eigenvalue weighted by molar-refractivity contribution is 0.0954. The molecule has 1 amide bonds. The summed E-state index contributed by atoms with van der Waals surface area (Å²) in [5.74, 6) is -0.180. The van der Waals surface area contributed by atoms with Crippen LogP contribution < -0.4 is 10.8 Å². The van der Waals surface area contributed by atoms with Crippen molar-refractivity contribution in [2.75, 3.05) is 19.9 Å². The van der Waals surface area contributed by atoms with Crippen LogP contribution >= 0.6 is 23.1 Å². The molecular weight excluding hydrogens is 413 g/mol. The zero-order valence-electron chi connectivity index (χ0n) is 15.0. The Morgan fingerprint density at radius 3 is 2.77 bits per heavy atom. The third kappa shape index (κ3) is 4.08. The zero-order chi connectivity index (χ0) is 18.9. The molecule has 136 valence electrons. The molecule has 2 aromatic heterocycles. The maximum absolute atomic E-state index is 12.4. The standard InChI is InChI=1S/C19H21BrN3O2P/c1-12-15(16-11-14(20)4-5-17(16)23-12)7-9-22-19(24)13-6-8-21-18(10-13)26(2,3)25/h4-6,8,10-11,23H,7,9H2,1-3H3,(H,22,24). The van der Waals surface area contributed by atoms with Crippen molar-refractivity contribution in [2.24, 2.45) is 0 Å². The van der Waals surface area contributed by atoms with Crippen LogP contribution in [0.25, 0.3) is 10.9 Å². The zero-order valence-corrected chi connectivity index (χ0v) is 17.4. The van der Waals surface area contributed by atoms with E-state index in [1.54, 1.807) is 25.5 Å². The lowest BCUT2D eigenvalue weighted by Crippen LogP contribution is -2.27. The first kappa shape index (κ1) is 18.9. The van der Waals surface area contributed by atoms with Crippen molar-refractivity contribution in [3.63, 3.8) is 0 Å². The quantitative estimate of drug-likeness (QED) is 0.599. The highest BCUT2D eigenvalue weighted by molar-refractivity contribution is 9.10. The van der Waals surface area contributed by atoms with Crippen molar-refractivity contribution in [1.82, 2.24) is 15.3 Å². The molecule has 0 saturated heterocycles. The molecule has 0 aliphatic heterocycles. The number of hydrogen-bond donors (Lipinski definition) is 2. The number of nitrogens with zero attached hydrogens (tertiary/aromatic N) is 1. The van der Waals surface area contributed by atoms with E-state index in [1.807, 2.05) is 19.1 Å². The highest BCUT2D eigenvalue weighted by Gasteiger charge is 2.15. The van der Waals surface area contributed by atoms with Gasteiger partial charge in [-0.1, -0.05) is 15.9 Å². The number of fused-ring (bicyclic) bond motifs is 1. The van der Waals surface area contributed by atoms with Crippen molar-refractivity contribution in [3.05, 3.63) is 57.8 Å². The highest BCUT2D eigenvalue weighted by atomic mass is 79.9. The predicted octanol–water partition coefficient (Wildman–Crippen LogP) is 3.85. The van der Waals surface area contributed by atoms with E-state index >= 15 is 0 Å². The van der Waals surface area contributed by atoms with E-state index in [0.29, 0.717) is 17.5 Å². The van der Waals surface area contributed by atoms with E-state index in [-0.39, 0.29) is 5.91 Å². The third-order valence-corrected chi connectivity index (χ3v) is 6.14. The van der Waals surface area contributed by atoms with Crippen LogP contribution in [0.5, 0.6) is 0 Å². The second kappa shape index (κ2) is 7.37. The summed E-state index contributed by atoms with van der Waals surface area (Å²) in [4.78, 5) is 19.9. The van der Waals surface area contributed by atoms with Crippen LogP contribution in [-0.2, 0) is 11.0 Å². The fourth-order valence-electron chi connectivity index (χ4n) is 2.93. The van der Waals surface area contributed by atoms with E-state index in [4.69, 9.17) is 0 Å². The summed E-state index contributed by atoms with van der Waals surface area (Å²) in [5.41, 5.74) is 4.35. The van der Waals surface area contributed by atoms with Crippen LogP contribution in [0.15, 0.2) is 41.0 Å². The van der Waals surface area contributed by atoms with Crippen molar-refractivity contribution in [1.29, 1.82) is 0 Å². The molecule has 26 heavy (non-hydrogen) atoms. The molecule has 0 aliphatic rings. The molecule has 3 aromatic rings. The van der Waals surface area contributed by atoms with Crippen LogP contribution in [0.2, 0.25) is 0 Å². The number of nitrogens with one attached hydrogen (secondary N) is 2. The fourth-order valence-corrected chi connectivity index (χ4v) is 4.09. The molecule has 0 radical (unpaired) electrons. The van der Waals surface area contributed by atoms with Crippen LogP contribution in [0, 0.1) is 6.92 Å². The van der Waals surface area contributed by atoms with Crippen molar-refractivity contribution in [2.45, 2.75) is 13.3 Å². The molecule has 0 fully saturated rings. The summed E-state index contributed by atoms with van der Waals surface area (Å²) in [6.45, 7) is 5.86. The van der Waals surface area contributed by atoms with Gasteiger partial charge in [0.2, 0.25) is 0 Å². The molecule has 2 N–H and O–H groups in total. The van der Waals surface area contributed by atoms with Gasteiger partial charge in [0.1, 0.15) is 12.6 Å². The normalized spacial score (nSPS) is 11.7. The number of carbonyl (C=O) groups excluding carboxylic acids is 1. The number of aromatic nitrogens is 2. The Hall–Kier alpha value is -1.91. The topological polar surface area (TPSA) is 74.8 Å². The molecule has 0 saturated carbocycles.